The molecule has 420 valence electrons. The lowest BCUT2D eigenvalue weighted by Crippen LogP contribution is -2.66. The van der Waals surface area contributed by atoms with Crippen LogP contribution in [0.3, 0.4) is 0 Å². The molecule has 5 aliphatic heterocycles. The van der Waals surface area contributed by atoms with E-state index in [-0.39, 0.29) is 41.3 Å². The standard InChI is InChI=1S/C51H84O22/c1-20(19-65-45-39(60)38(59)35(56)30(17-52)69-45)9-14-51(64)21(2)32-29(73-51)16-28-26-8-7-24-15-25(10-12-49(24,5)27(26)11-13-50(28,32)6)68-48-44(72-47-41(62)37(58)34(55)23(4)67-47)42(63)43(31(18-53)70-48)71-46-40(61)36(57)33(54)22(3)66-46/h7,20-23,25-48,52-64H,8-19H2,1-6H3/t20-,21+,22+,23+,25+,26-,27+,28+,29?,30-,31-,32+,33+,34+,35-,36-,37-,38+,39-,40-,41-,42+,43-,44-,45-,46+,47+,48-,49+,50+,51-/m1/s1. The number of aliphatic hydroxyl groups is 13. The predicted octanol–water partition coefficient (Wildman–Crippen LogP) is -1.98. The third kappa shape index (κ3) is 10.2. The molecule has 0 radical (unpaired) electrons. The van der Waals surface area contributed by atoms with Crippen LogP contribution < -0.4 is 0 Å². The summed E-state index contributed by atoms with van der Waals surface area (Å²) in [6.45, 7) is 10.7. The van der Waals surface area contributed by atoms with Crippen LogP contribution in [0.25, 0.3) is 0 Å². The van der Waals surface area contributed by atoms with E-state index in [1.807, 2.05) is 6.92 Å². The van der Waals surface area contributed by atoms with E-state index in [4.69, 9.17) is 42.6 Å². The molecule has 9 aliphatic rings. The van der Waals surface area contributed by atoms with Gasteiger partial charge in [0, 0.05) is 12.3 Å². The van der Waals surface area contributed by atoms with Crippen molar-refractivity contribution in [2.75, 3.05) is 19.8 Å². The number of fused-ring (bicyclic) bond motifs is 7. The first kappa shape index (κ1) is 56.6. The number of aliphatic hydroxyl groups excluding tert-OH is 12. The molecule has 0 bridgehead atoms. The van der Waals surface area contributed by atoms with Gasteiger partial charge in [0.05, 0.1) is 44.2 Å². The maximum Gasteiger partial charge on any atom is 0.187 e. The molecular formula is C51H84O22. The normalized spacial score (nSPS) is 55.5. The van der Waals surface area contributed by atoms with E-state index >= 15 is 0 Å². The quantitative estimate of drug-likeness (QED) is 0.0839. The average Bonchev–Trinajstić information content (AvgIpc) is 3.80. The molecule has 0 aromatic heterocycles. The molecule has 3 saturated carbocycles. The van der Waals surface area contributed by atoms with Crippen LogP contribution >= 0.6 is 0 Å². The first-order valence-electron chi connectivity index (χ1n) is 26.8. The Labute approximate surface area is 426 Å². The van der Waals surface area contributed by atoms with Gasteiger partial charge in [0.25, 0.3) is 0 Å². The monoisotopic (exact) mass is 1050 g/mol. The predicted molar refractivity (Wildman–Crippen MR) is 249 cm³/mol. The van der Waals surface area contributed by atoms with Crippen molar-refractivity contribution in [1.29, 1.82) is 0 Å². The van der Waals surface area contributed by atoms with Gasteiger partial charge in [-0.1, -0.05) is 39.3 Å². The lowest BCUT2D eigenvalue weighted by molar-refractivity contribution is -0.388. The Morgan fingerprint density at radius 3 is 1.86 bits per heavy atom. The second-order valence-electron chi connectivity index (χ2n) is 23.8. The van der Waals surface area contributed by atoms with Gasteiger partial charge >= 0.3 is 0 Å². The van der Waals surface area contributed by atoms with E-state index in [0.717, 1.165) is 32.1 Å². The van der Waals surface area contributed by atoms with Gasteiger partial charge in [-0.2, -0.15) is 0 Å². The molecule has 13 N–H and O–H groups in total. The van der Waals surface area contributed by atoms with Crippen molar-refractivity contribution in [1.82, 2.24) is 0 Å². The third-order valence-corrected chi connectivity index (χ3v) is 19.5. The molecule has 0 spiro atoms. The fourth-order valence-corrected chi connectivity index (χ4v) is 14.9. The second kappa shape index (κ2) is 21.8. The van der Waals surface area contributed by atoms with Crippen LogP contribution in [0.1, 0.15) is 99.3 Å². The van der Waals surface area contributed by atoms with Gasteiger partial charge in [-0.15, -0.1) is 0 Å². The molecule has 22 nitrogen and oxygen atoms in total. The first-order chi connectivity index (χ1) is 34.5. The molecule has 9 rings (SSSR count). The molecule has 8 fully saturated rings. The van der Waals surface area contributed by atoms with Crippen LogP contribution in [-0.4, -0.2) is 227 Å². The van der Waals surface area contributed by atoms with Gasteiger partial charge in [0.1, 0.15) is 85.5 Å². The van der Waals surface area contributed by atoms with Crippen molar-refractivity contribution < 1.29 is 109 Å². The Morgan fingerprint density at radius 2 is 1.23 bits per heavy atom. The zero-order chi connectivity index (χ0) is 52.8. The maximum absolute atomic E-state index is 12.1. The van der Waals surface area contributed by atoms with Gasteiger partial charge in [-0.3, -0.25) is 0 Å². The molecule has 0 aromatic rings. The van der Waals surface area contributed by atoms with Crippen LogP contribution in [0, 0.1) is 46.3 Å². The molecule has 73 heavy (non-hydrogen) atoms. The highest BCUT2D eigenvalue weighted by Crippen LogP contribution is 2.70. The van der Waals surface area contributed by atoms with Gasteiger partial charge < -0.3 is 109 Å². The van der Waals surface area contributed by atoms with Crippen LogP contribution in [0.4, 0.5) is 0 Å². The van der Waals surface area contributed by atoms with E-state index in [2.05, 4.69) is 26.8 Å². The smallest absolute Gasteiger partial charge is 0.187 e. The molecule has 5 saturated heterocycles. The number of ether oxygens (including phenoxy) is 9. The van der Waals surface area contributed by atoms with Crippen LogP contribution in [-0.2, 0) is 42.6 Å². The lowest BCUT2D eigenvalue weighted by atomic mass is 9.47. The van der Waals surface area contributed by atoms with E-state index in [9.17, 15) is 66.4 Å². The minimum atomic E-state index is -1.75. The zero-order valence-electron chi connectivity index (χ0n) is 42.7. The molecule has 4 aliphatic carbocycles. The zero-order valence-corrected chi connectivity index (χ0v) is 42.7. The largest absolute Gasteiger partial charge is 0.394 e. The Bertz CT molecular complexity index is 1900. The summed E-state index contributed by atoms with van der Waals surface area (Å²) >= 11 is 0. The van der Waals surface area contributed by atoms with E-state index in [0.29, 0.717) is 43.4 Å². The maximum atomic E-state index is 12.1. The van der Waals surface area contributed by atoms with Crippen molar-refractivity contribution in [2.24, 2.45) is 46.3 Å². The van der Waals surface area contributed by atoms with E-state index in [1.165, 1.54) is 19.4 Å². The molecular weight excluding hydrogens is 965 g/mol. The van der Waals surface area contributed by atoms with Crippen LogP contribution in [0.2, 0.25) is 0 Å². The van der Waals surface area contributed by atoms with Crippen molar-refractivity contribution in [2.45, 2.75) is 240 Å². The Morgan fingerprint density at radius 1 is 0.644 bits per heavy atom. The Hall–Kier alpha value is -1.14. The minimum absolute atomic E-state index is 0.0589. The fourth-order valence-electron chi connectivity index (χ4n) is 14.9. The number of hydrogen-bond donors (Lipinski definition) is 13. The fraction of sp³-hybridized carbons (Fsp3) is 0.961. The highest BCUT2D eigenvalue weighted by Gasteiger charge is 2.68. The van der Waals surface area contributed by atoms with E-state index < -0.39 is 148 Å². The molecule has 0 aromatic carbocycles. The number of rotatable bonds is 14. The summed E-state index contributed by atoms with van der Waals surface area (Å²) < 4.78 is 54.6. The van der Waals surface area contributed by atoms with E-state index in [1.54, 1.807) is 0 Å². The van der Waals surface area contributed by atoms with Gasteiger partial charge in [0.15, 0.2) is 30.9 Å². The van der Waals surface area contributed by atoms with Crippen molar-refractivity contribution >= 4 is 0 Å². The minimum Gasteiger partial charge on any atom is -0.394 e. The number of allylic oxidation sites excluding steroid dienone is 1. The summed E-state index contributed by atoms with van der Waals surface area (Å²) in [6.07, 6.45) is -20.5. The van der Waals surface area contributed by atoms with Crippen LogP contribution in [0.5, 0.6) is 0 Å². The Balaban J connectivity index is 0.846. The van der Waals surface area contributed by atoms with Crippen molar-refractivity contribution in [3.05, 3.63) is 11.6 Å². The van der Waals surface area contributed by atoms with Crippen LogP contribution in [0.15, 0.2) is 11.6 Å². The number of hydrogen-bond acceptors (Lipinski definition) is 22. The molecule has 22 heteroatoms. The average molecular weight is 1050 g/mol. The summed E-state index contributed by atoms with van der Waals surface area (Å²) in [5, 5.41) is 139. The summed E-state index contributed by atoms with van der Waals surface area (Å²) in [6, 6.07) is 0. The summed E-state index contributed by atoms with van der Waals surface area (Å²) in [5.74, 6) is -0.232. The second-order valence-corrected chi connectivity index (χ2v) is 23.8. The first-order valence-corrected chi connectivity index (χ1v) is 26.8. The highest BCUT2D eigenvalue weighted by molar-refractivity contribution is 5.26. The highest BCUT2D eigenvalue weighted by atomic mass is 16.8. The summed E-state index contributed by atoms with van der Waals surface area (Å²) in [7, 11) is 0. The lowest BCUT2D eigenvalue weighted by Gasteiger charge is -2.58. The molecule has 5 heterocycles. The summed E-state index contributed by atoms with van der Waals surface area (Å²) in [5.41, 5.74) is 1.07. The van der Waals surface area contributed by atoms with Gasteiger partial charge in [-0.05, 0) is 106 Å². The topological polar surface area (TPSA) is 346 Å². The summed E-state index contributed by atoms with van der Waals surface area (Å²) in [4.78, 5) is 0. The van der Waals surface area contributed by atoms with Gasteiger partial charge in [0.2, 0.25) is 0 Å². The van der Waals surface area contributed by atoms with Crippen molar-refractivity contribution in [3.63, 3.8) is 0 Å². The van der Waals surface area contributed by atoms with Gasteiger partial charge in [-0.25, -0.2) is 0 Å². The molecule has 1 unspecified atom stereocenters. The van der Waals surface area contributed by atoms with Crippen molar-refractivity contribution in [3.8, 4) is 0 Å². The SMILES string of the molecule is C[C@H](CC[C@@]1(O)OC2C[C@H]3[C@@H]4CC=C5C[C@@H](O[C@@H]6O[C@H](CO)[C@@H](O[C@@H]7O[C@@H](C)[C@H](O)[C@@H](O)[C@H]7O)[C@H](O)[C@H]6O[C@@H]6O[C@@H](C)[C@H](O)[C@@H](O)[C@H]6O)CC[C@]5(C)[C@H]4CC[C@]3(C)[C@H]2[C@@H]1C)CO[C@@H]1O[C@H](CO)[C@@H](O)[C@H](O)[C@H]1O. The molecule has 31 atom stereocenters. The molecule has 0 amide bonds. The third-order valence-electron chi connectivity index (χ3n) is 19.5. The Kier molecular flexibility index (Phi) is 16.9.